The number of ether oxygens (including phenoxy) is 1. The second-order valence-electron chi connectivity index (χ2n) is 6.54. The van der Waals surface area contributed by atoms with E-state index in [9.17, 15) is 13.6 Å². The smallest absolute Gasteiger partial charge is 0.340 e. The molecule has 0 saturated carbocycles. The number of anilines is 1. The average Bonchev–Trinajstić information content (AvgIpc) is 2.77. The number of nitrogens with two attached hydrogens (primary N) is 1. The third-order valence-corrected chi connectivity index (χ3v) is 4.67. The Kier molecular flexibility index (Phi) is 6.65. The van der Waals surface area contributed by atoms with E-state index in [-0.39, 0.29) is 29.3 Å². The maximum Gasteiger partial charge on any atom is 0.340 e. The Hall–Kier alpha value is -3.74. The molecular weight excluding hydrogens is 402 g/mol. The van der Waals surface area contributed by atoms with Gasteiger partial charge in [-0.05, 0) is 48.4 Å². The third-order valence-electron chi connectivity index (χ3n) is 4.67. The molecule has 0 bridgehead atoms. The van der Waals surface area contributed by atoms with Crippen molar-refractivity contribution in [2.45, 2.75) is 27.2 Å². The molecule has 0 aliphatic carbocycles. The van der Waals surface area contributed by atoms with Crippen molar-refractivity contribution in [3.63, 3.8) is 0 Å². The van der Waals surface area contributed by atoms with Gasteiger partial charge in [-0.3, -0.25) is 0 Å². The molecule has 0 aliphatic heterocycles. The molecule has 0 radical (unpaired) electrons. The van der Waals surface area contributed by atoms with E-state index in [1.54, 1.807) is 31.2 Å². The van der Waals surface area contributed by atoms with Crippen molar-refractivity contribution in [2.75, 3.05) is 5.73 Å². The van der Waals surface area contributed by atoms with Gasteiger partial charge in [0.15, 0.2) is 5.82 Å². The van der Waals surface area contributed by atoms with Gasteiger partial charge in [0.1, 0.15) is 17.1 Å². The fourth-order valence-electron chi connectivity index (χ4n) is 3.13. The van der Waals surface area contributed by atoms with Crippen molar-refractivity contribution in [3.05, 3.63) is 93.5 Å². The Labute approximate surface area is 178 Å². The molecule has 2 N–H and O–H groups in total. The van der Waals surface area contributed by atoms with Crippen LogP contribution < -0.4 is 16.1 Å². The van der Waals surface area contributed by atoms with Crippen molar-refractivity contribution in [2.24, 2.45) is 0 Å². The molecule has 0 amide bonds. The zero-order valence-electron chi connectivity index (χ0n) is 17.4. The van der Waals surface area contributed by atoms with Gasteiger partial charge < -0.3 is 14.9 Å². The van der Waals surface area contributed by atoms with Crippen LogP contribution >= 0.6 is 0 Å². The quantitative estimate of drug-likeness (QED) is 0.333. The number of aromatic nitrogens is 1. The Bertz CT molecular complexity index is 1290. The van der Waals surface area contributed by atoms with Gasteiger partial charge in [-0.25, -0.2) is 18.6 Å². The summed E-state index contributed by atoms with van der Waals surface area (Å²) in [6, 6.07) is 12.2. The Balaban J connectivity index is 0.00000132. The van der Waals surface area contributed by atoms with Crippen LogP contribution in [0, 0.1) is 18.6 Å². The normalized spacial score (nSPS) is 10.5. The fraction of sp³-hybridized carbons (Fsp3) is 0.167. The van der Waals surface area contributed by atoms with E-state index in [2.05, 4.69) is 4.98 Å². The van der Waals surface area contributed by atoms with E-state index in [1.807, 2.05) is 13.8 Å². The molecule has 4 aromatic rings. The van der Waals surface area contributed by atoms with E-state index in [1.165, 1.54) is 30.5 Å². The average molecular weight is 424 g/mol. The molecule has 0 spiro atoms. The monoisotopic (exact) mass is 424 g/mol. The lowest BCUT2D eigenvalue weighted by atomic mass is 9.99. The zero-order chi connectivity index (χ0) is 22.5. The SMILES string of the molecule is CC.Cc1c(Cc2cccc(N)c2F)c(=O)oc2cc(Oc3ncccc3F)ccc12. The standard InChI is InChI=1S/C22H16F2N2O3.C2H6/c1-12-15-8-7-14(28-21-17(23)5-3-9-26-21)11-19(15)29-22(27)16(12)10-13-4-2-6-18(25)20(13)24;1-2/h2-9,11H,10,25H2,1H3;1-2H3. The summed E-state index contributed by atoms with van der Waals surface area (Å²) in [5.41, 5.74) is 6.63. The third kappa shape index (κ3) is 4.55. The number of hydrogen-bond acceptors (Lipinski definition) is 5. The highest BCUT2D eigenvalue weighted by Crippen LogP contribution is 2.29. The van der Waals surface area contributed by atoms with E-state index < -0.39 is 17.3 Å². The number of aryl methyl sites for hydroxylation is 1. The van der Waals surface area contributed by atoms with Crippen molar-refractivity contribution < 1.29 is 17.9 Å². The molecule has 2 aromatic carbocycles. The number of benzene rings is 2. The van der Waals surface area contributed by atoms with Gasteiger partial charge in [0.25, 0.3) is 5.88 Å². The topological polar surface area (TPSA) is 78.4 Å². The molecule has 5 nitrogen and oxygen atoms in total. The number of fused-ring (bicyclic) bond motifs is 1. The molecule has 0 aliphatic rings. The number of halogens is 2. The predicted molar refractivity (Wildman–Crippen MR) is 116 cm³/mol. The van der Waals surface area contributed by atoms with Crippen LogP contribution in [0.25, 0.3) is 11.0 Å². The molecule has 4 rings (SSSR count). The highest BCUT2D eigenvalue weighted by Gasteiger charge is 2.16. The Morgan fingerprint density at radius 2 is 1.87 bits per heavy atom. The van der Waals surface area contributed by atoms with E-state index in [4.69, 9.17) is 14.9 Å². The minimum atomic E-state index is -0.607. The van der Waals surface area contributed by atoms with Crippen molar-refractivity contribution >= 4 is 16.7 Å². The summed E-state index contributed by atoms with van der Waals surface area (Å²) >= 11 is 0. The van der Waals surface area contributed by atoms with Crippen LogP contribution in [0.15, 0.2) is 63.9 Å². The largest absolute Gasteiger partial charge is 0.436 e. The first kappa shape index (κ1) is 22.0. The maximum atomic E-state index is 14.2. The summed E-state index contributed by atoms with van der Waals surface area (Å²) in [4.78, 5) is 16.4. The summed E-state index contributed by atoms with van der Waals surface area (Å²) in [7, 11) is 0. The number of nitrogens with zero attached hydrogens (tertiary/aromatic N) is 1. The Morgan fingerprint density at radius 3 is 2.61 bits per heavy atom. The minimum absolute atomic E-state index is 0.0221. The van der Waals surface area contributed by atoms with Crippen LogP contribution in [0.3, 0.4) is 0 Å². The van der Waals surface area contributed by atoms with Crippen LogP contribution in [-0.2, 0) is 6.42 Å². The second-order valence-corrected chi connectivity index (χ2v) is 6.54. The van der Waals surface area contributed by atoms with Gasteiger partial charge in [0.2, 0.25) is 0 Å². The highest BCUT2D eigenvalue weighted by molar-refractivity contribution is 5.82. The van der Waals surface area contributed by atoms with Crippen LogP contribution in [-0.4, -0.2) is 4.98 Å². The summed E-state index contributed by atoms with van der Waals surface area (Å²) in [6.45, 7) is 5.76. The lowest BCUT2D eigenvalue weighted by Gasteiger charge is -2.11. The molecule has 7 heteroatoms. The highest BCUT2D eigenvalue weighted by atomic mass is 19.1. The number of pyridine rings is 1. The van der Waals surface area contributed by atoms with Crippen LogP contribution in [0.2, 0.25) is 0 Å². The lowest BCUT2D eigenvalue weighted by molar-refractivity contribution is 0.422. The van der Waals surface area contributed by atoms with E-state index in [0.29, 0.717) is 22.1 Å². The molecule has 31 heavy (non-hydrogen) atoms. The molecule has 2 heterocycles. The van der Waals surface area contributed by atoms with Crippen LogP contribution in [0.4, 0.5) is 14.5 Å². The molecular formula is C24H22F2N2O3. The van der Waals surface area contributed by atoms with Crippen LogP contribution in [0.1, 0.15) is 30.5 Å². The number of nitrogen functional groups attached to an aromatic ring is 1. The molecule has 0 atom stereocenters. The predicted octanol–water partition coefficient (Wildman–Crippen LogP) is 5.77. The molecule has 2 aromatic heterocycles. The zero-order valence-corrected chi connectivity index (χ0v) is 17.4. The van der Waals surface area contributed by atoms with Gasteiger partial charge >= 0.3 is 5.63 Å². The Morgan fingerprint density at radius 1 is 1.10 bits per heavy atom. The summed E-state index contributed by atoms with van der Waals surface area (Å²) in [5.74, 6) is -1.07. The number of rotatable bonds is 4. The number of hydrogen-bond donors (Lipinski definition) is 1. The second kappa shape index (κ2) is 9.38. The van der Waals surface area contributed by atoms with Crippen LogP contribution in [0.5, 0.6) is 11.6 Å². The summed E-state index contributed by atoms with van der Waals surface area (Å²) < 4.78 is 38.8. The summed E-state index contributed by atoms with van der Waals surface area (Å²) in [6.07, 6.45) is 1.46. The van der Waals surface area contributed by atoms with Crippen molar-refractivity contribution in [1.82, 2.24) is 4.98 Å². The first-order chi connectivity index (χ1) is 14.9. The van der Waals surface area contributed by atoms with Gasteiger partial charge in [-0.1, -0.05) is 26.0 Å². The van der Waals surface area contributed by atoms with Crippen molar-refractivity contribution in [3.8, 4) is 11.6 Å². The molecule has 0 unspecified atom stereocenters. The fourth-order valence-corrected chi connectivity index (χ4v) is 3.13. The van der Waals surface area contributed by atoms with E-state index >= 15 is 0 Å². The summed E-state index contributed by atoms with van der Waals surface area (Å²) in [5, 5.41) is 0.665. The minimum Gasteiger partial charge on any atom is -0.436 e. The molecule has 160 valence electrons. The van der Waals surface area contributed by atoms with Gasteiger partial charge in [-0.2, -0.15) is 0 Å². The maximum absolute atomic E-state index is 14.2. The van der Waals surface area contributed by atoms with Gasteiger partial charge in [-0.15, -0.1) is 0 Å². The van der Waals surface area contributed by atoms with Gasteiger partial charge in [0.05, 0.1) is 5.69 Å². The van der Waals surface area contributed by atoms with Crippen molar-refractivity contribution in [1.29, 1.82) is 0 Å². The molecule has 0 fully saturated rings. The van der Waals surface area contributed by atoms with Gasteiger partial charge in [0, 0.05) is 29.6 Å². The first-order valence-electron chi connectivity index (χ1n) is 9.81. The van der Waals surface area contributed by atoms with E-state index in [0.717, 1.165) is 0 Å². The lowest BCUT2D eigenvalue weighted by Crippen LogP contribution is -2.12. The molecule has 0 saturated heterocycles. The first-order valence-corrected chi connectivity index (χ1v) is 9.81.